The SMILES string of the molecule is CN1CCN(CCCCNC(=O)c2ccc(S(=O)(=O)NCC3CCCO3)cc2)CC1. The van der Waals surface area contributed by atoms with E-state index in [0.29, 0.717) is 18.7 Å². The lowest BCUT2D eigenvalue weighted by atomic mass is 10.2. The van der Waals surface area contributed by atoms with Crippen LogP contribution in [0.3, 0.4) is 0 Å². The average Bonchev–Trinajstić information content (AvgIpc) is 3.27. The molecule has 2 fully saturated rings. The Hall–Kier alpha value is -1.52. The average molecular weight is 439 g/mol. The third-order valence-electron chi connectivity index (χ3n) is 5.73. The molecule has 0 saturated carbocycles. The van der Waals surface area contributed by atoms with Crippen LogP contribution in [0.1, 0.15) is 36.0 Å². The molecule has 0 spiro atoms. The van der Waals surface area contributed by atoms with Crippen molar-refractivity contribution in [1.29, 1.82) is 0 Å². The van der Waals surface area contributed by atoms with Crippen LogP contribution >= 0.6 is 0 Å². The van der Waals surface area contributed by atoms with Crippen LogP contribution in [0.15, 0.2) is 29.2 Å². The summed E-state index contributed by atoms with van der Waals surface area (Å²) < 4.78 is 32.8. The number of rotatable bonds is 10. The van der Waals surface area contributed by atoms with Gasteiger partial charge in [0, 0.05) is 51.4 Å². The second-order valence-electron chi connectivity index (χ2n) is 8.12. The fourth-order valence-corrected chi connectivity index (χ4v) is 4.78. The van der Waals surface area contributed by atoms with Crippen molar-refractivity contribution in [2.75, 3.05) is 59.5 Å². The largest absolute Gasteiger partial charge is 0.377 e. The third-order valence-corrected chi connectivity index (χ3v) is 7.17. The standard InChI is InChI=1S/C21H34N4O4S/c1-24-12-14-25(15-13-24)11-3-2-10-22-21(26)18-6-8-20(9-7-18)30(27,28)23-17-19-5-4-16-29-19/h6-9,19,23H,2-5,10-17H2,1H3,(H,22,26). The van der Waals surface area contributed by atoms with E-state index in [1.165, 1.54) is 12.1 Å². The summed E-state index contributed by atoms with van der Waals surface area (Å²) in [5.74, 6) is -0.175. The molecule has 9 heteroatoms. The highest BCUT2D eigenvalue weighted by molar-refractivity contribution is 7.89. The molecular formula is C21H34N4O4S. The van der Waals surface area contributed by atoms with Gasteiger partial charge < -0.3 is 19.9 Å². The van der Waals surface area contributed by atoms with Gasteiger partial charge in [0.2, 0.25) is 10.0 Å². The Morgan fingerprint density at radius 3 is 2.53 bits per heavy atom. The van der Waals surface area contributed by atoms with Gasteiger partial charge in [0.15, 0.2) is 0 Å². The summed E-state index contributed by atoms with van der Waals surface area (Å²) in [5, 5.41) is 2.92. The highest BCUT2D eigenvalue weighted by Gasteiger charge is 2.20. The van der Waals surface area contributed by atoms with Crippen molar-refractivity contribution >= 4 is 15.9 Å². The number of nitrogens with one attached hydrogen (secondary N) is 2. The molecule has 1 unspecified atom stereocenters. The summed E-state index contributed by atoms with van der Waals surface area (Å²) in [5.41, 5.74) is 0.465. The molecule has 0 aromatic heterocycles. The molecule has 2 N–H and O–H groups in total. The fraction of sp³-hybridized carbons (Fsp3) is 0.667. The summed E-state index contributed by atoms with van der Waals surface area (Å²) in [6, 6.07) is 6.06. The predicted octanol–water partition coefficient (Wildman–Crippen LogP) is 0.901. The van der Waals surface area contributed by atoms with E-state index in [9.17, 15) is 13.2 Å². The molecule has 3 rings (SSSR count). The first-order valence-electron chi connectivity index (χ1n) is 10.8. The number of hydrogen-bond acceptors (Lipinski definition) is 6. The molecule has 8 nitrogen and oxygen atoms in total. The number of unbranched alkanes of at least 4 members (excludes halogenated alkanes) is 1. The minimum atomic E-state index is -3.60. The summed E-state index contributed by atoms with van der Waals surface area (Å²) in [6.45, 7) is 7.11. The topological polar surface area (TPSA) is 91.0 Å². The van der Waals surface area contributed by atoms with E-state index in [0.717, 1.165) is 58.4 Å². The van der Waals surface area contributed by atoms with Crippen molar-refractivity contribution < 1.29 is 17.9 Å². The van der Waals surface area contributed by atoms with Gasteiger partial charge in [-0.25, -0.2) is 13.1 Å². The van der Waals surface area contributed by atoms with E-state index in [2.05, 4.69) is 26.9 Å². The number of carbonyl (C=O) groups excluding carboxylic acids is 1. The molecule has 2 aliphatic heterocycles. The van der Waals surface area contributed by atoms with Gasteiger partial charge in [-0.3, -0.25) is 4.79 Å². The van der Waals surface area contributed by atoms with E-state index in [-0.39, 0.29) is 23.5 Å². The van der Waals surface area contributed by atoms with Crippen LogP contribution in [0.25, 0.3) is 0 Å². The van der Waals surface area contributed by atoms with E-state index < -0.39 is 10.0 Å². The molecule has 168 valence electrons. The number of likely N-dealkylation sites (N-methyl/N-ethyl adjacent to an activating group) is 1. The third kappa shape index (κ3) is 7.02. The summed E-state index contributed by atoms with van der Waals surface area (Å²) in [7, 11) is -1.45. The summed E-state index contributed by atoms with van der Waals surface area (Å²) in [6.07, 6.45) is 3.76. The lowest BCUT2D eigenvalue weighted by Gasteiger charge is -2.32. The van der Waals surface area contributed by atoms with Crippen LogP contribution in [0, 0.1) is 0 Å². The van der Waals surface area contributed by atoms with Gasteiger partial charge in [-0.05, 0) is 63.5 Å². The summed E-state index contributed by atoms with van der Waals surface area (Å²) in [4.78, 5) is 17.3. The van der Waals surface area contributed by atoms with Crippen molar-refractivity contribution in [3.05, 3.63) is 29.8 Å². The number of carbonyl (C=O) groups is 1. The van der Waals surface area contributed by atoms with Crippen molar-refractivity contribution in [2.24, 2.45) is 0 Å². The van der Waals surface area contributed by atoms with Crippen molar-refractivity contribution in [3.8, 4) is 0 Å². The first-order valence-corrected chi connectivity index (χ1v) is 12.3. The molecule has 1 aromatic rings. The smallest absolute Gasteiger partial charge is 0.251 e. The Morgan fingerprint density at radius 1 is 1.13 bits per heavy atom. The van der Waals surface area contributed by atoms with E-state index in [1.54, 1.807) is 12.1 Å². The Morgan fingerprint density at radius 2 is 1.87 bits per heavy atom. The number of ether oxygens (including phenoxy) is 1. The van der Waals surface area contributed by atoms with Gasteiger partial charge in [-0.15, -0.1) is 0 Å². The molecule has 2 heterocycles. The van der Waals surface area contributed by atoms with Gasteiger partial charge >= 0.3 is 0 Å². The van der Waals surface area contributed by atoms with Crippen LogP contribution in [0.4, 0.5) is 0 Å². The zero-order chi connectivity index (χ0) is 21.4. The highest BCUT2D eigenvalue weighted by Crippen LogP contribution is 2.14. The zero-order valence-electron chi connectivity index (χ0n) is 17.8. The Labute approximate surface area is 180 Å². The van der Waals surface area contributed by atoms with Gasteiger partial charge in [-0.2, -0.15) is 0 Å². The van der Waals surface area contributed by atoms with Crippen molar-refractivity contribution in [1.82, 2.24) is 19.8 Å². The molecular weight excluding hydrogens is 404 g/mol. The Kier molecular flexibility index (Phi) is 8.64. The highest BCUT2D eigenvalue weighted by atomic mass is 32.2. The van der Waals surface area contributed by atoms with Crippen molar-refractivity contribution in [3.63, 3.8) is 0 Å². The van der Waals surface area contributed by atoms with Gasteiger partial charge in [0.25, 0.3) is 5.91 Å². The maximum atomic E-state index is 12.4. The van der Waals surface area contributed by atoms with Crippen LogP contribution in [0.2, 0.25) is 0 Å². The molecule has 0 aliphatic carbocycles. The number of amides is 1. The molecule has 2 aliphatic rings. The van der Waals surface area contributed by atoms with Crippen LogP contribution in [-0.2, 0) is 14.8 Å². The molecule has 1 amide bonds. The predicted molar refractivity (Wildman–Crippen MR) is 116 cm³/mol. The van der Waals surface area contributed by atoms with Gasteiger partial charge in [0.1, 0.15) is 0 Å². The fourth-order valence-electron chi connectivity index (χ4n) is 3.71. The number of piperazine rings is 1. The number of sulfonamides is 1. The van der Waals surface area contributed by atoms with Crippen LogP contribution < -0.4 is 10.0 Å². The number of nitrogens with zero attached hydrogens (tertiary/aromatic N) is 2. The van der Waals surface area contributed by atoms with Crippen LogP contribution in [-0.4, -0.2) is 89.7 Å². The number of benzene rings is 1. The van der Waals surface area contributed by atoms with Gasteiger partial charge in [-0.1, -0.05) is 0 Å². The molecule has 0 bridgehead atoms. The lowest BCUT2D eigenvalue weighted by molar-refractivity contribution is 0.0951. The Bertz CT molecular complexity index is 771. The maximum absolute atomic E-state index is 12.4. The lowest BCUT2D eigenvalue weighted by Crippen LogP contribution is -2.44. The zero-order valence-corrected chi connectivity index (χ0v) is 18.6. The van der Waals surface area contributed by atoms with E-state index in [1.807, 2.05) is 0 Å². The first kappa shape index (κ1) is 23.1. The molecule has 1 atom stereocenters. The minimum absolute atomic E-state index is 0.0546. The molecule has 0 radical (unpaired) electrons. The minimum Gasteiger partial charge on any atom is -0.377 e. The van der Waals surface area contributed by atoms with E-state index >= 15 is 0 Å². The monoisotopic (exact) mass is 438 g/mol. The quantitative estimate of drug-likeness (QED) is 0.528. The molecule has 1 aromatic carbocycles. The van der Waals surface area contributed by atoms with Gasteiger partial charge in [0.05, 0.1) is 11.0 Å². The molecule has 2 saturated heterocycles. The van der Waals surface area contributed by atoms with Crippen LogP contribution in [0.5, 0.6) is 0 Å². The van der Waals surface area contributed by atoms with E-state index in [4.69, 9.17) is 4.74 Å². The second kappa shape index (κ2) is 11.2. The normalized spacial score (nSPS) is 21.0. The maximum Gasteiger partial charge on any atom is 0.251 e. The number of hydrogen-bond donors (Lipinski definition) is 2. The molecule has 30 heavy (non-hydrogen) atoms. The Balaban J connectivity index is 1.36. The second-order valence-corrected chi connectivity index (χ2v) is 9.89. The summed E-state index contributed by atoms with van der Waals surface area (Å²) >= 11 is 0. The van der Waals surface area contributed by atoms with Crippen molar-refractivity contribution in [2.45, 2.75) is 36.7 Å². The first-order chi connectivity index (χ1) is 14.4.